The smallest absolute Gasteiger partial charge is 0.158 e. The third-order valence-corrected chi connectivity index (χ3v) is 8.63. The van der Waals surface area contributed by atoms with Gasteiger partial charge in [0.15, 0.2) is 5.65 Å². The van der Waals surface area contributed by atoms with E-state index < -0.39 is 0 Å². The summed E-state index contributed by atoms with van der Waals surface area (Å²) >= 11 is 1.85. The van der Waals surface area contributed by atoms with E-state index in [4.69, 9.17) is 4.74 Å². The standard InChI is InChI=1S/C28H31N5OS/c1-15(2)23-24-18(5)26(20-8-6-19(7-9-20)22-12-29-10-11-34-22)35-28(24)32-25(23)21-13-33-27(30-14-31-33)17(4)16(21)3/h6-9,13-15,22,29,32H,10-12H2,1-5H3. The van der Waals surface area contributed by atoms with Crippen LogP contribution in [0.5, 0.6) is 0 Å². The third-order valence-electron chi connectivity index (χ3n) is 7.37. The molecule has 35 heavy (non-hydrogen) atoms. The number of pyridine rings is 1. The quantitative estimate of drug-likeness (QED) is 0.313. The van der Waals surface area contributed by atoms with Crippen LogP contribution in [0.1, 0.15) is 53.7 Å². The molecule has 1 aliphatic rings. The molecular formula is C28H31N5OS. The van der Waals surface area contributed by atoms with Crippen molar-refractivity contribution in [2.24, 2.45) is 0 Å². The van der Waals surface area contributed by atoms with Gasteiger partial charge in [-0.25, -0.2) is 9.50 Å². The first-order valence-electron chi connectivity index (χ1n) is 12.3. The molecule has 0 saturated carbocycles. The minimum Gasteiger partial charge on any atom is -0.371 e. The summed E-state index contributed by atoms with van der Waals surface area (Å²) in [6.45, 7) is 13.7. The van der Waals surface area contributed by atoms with Gasteiger partial charge in [0.25, 0.3) is 0 Å². The van der Waals surface area contributed by atoms with Crippen LogP contribution in [-0.2, 0) is 4.74 Å². The van der Waals surface area contributed by atoms with Gasteiger partial charge >= 0.3 is 0 Å². The fraction of sp³-hybridized carbons (Fsp3) is 0.357. The number of nitrogens with zero attached hydrogens (tertiary/aromatic N) is 3. The molecule has 0 radical (unpaired) electrons. The van der Waals surface area contributed by atoms with Gasteiger partial charge in [-0.05, 0) is 60.1 Å². The highest BCUT2D eigenvalue weighted by atomic mass is 32.1. The number of aromatic nitrogens is 4. The lowest BCUT2D eigenvalue weighted by Gasteiger charge is -2.24. The first kappa shape index (κ1) is 22.5. The van der Waals surface area contributed by atoms with Gasteiger partial charge in [0, 0.05) is 35.1 Å². The number of thiophene rings is 1. The molecule has 6 nitrogen and oxygen atoms in total. The molecule has 0 spiro atoms. The van der Waals surface area contributed by atoms with Crippen LogP contribution >= 0.6 is 11.3 Å². The Hall–Kier alpha value is -3.00. The zero-order chi connectivity index (χ0) is 24.3. The average molecular weight is 486 g/mol. The molecule has 0 amide bonds. The zero-order valence-electron chi connectivity index (χ0n) is 20.9. The number of fused-ring (bicyclic) bond motifs is 2. The van der Waals surface area contributed by atoms with E-state index >= 15 is 0 Å². The fourth-order valence-corrected chi connectivity index (χ4v) is 6.61. The van der Waals surface area contributed by atoms with Crippen molar-refractivity contribution in [3.63, 3.8) is 0 Å². The minimum absolute atomic E-state index is 0.140. The summed E-state index contributed by atoms with van der Waals surface area (Å²) in [7, 11) is 0. The number of morpholine rings is 1. The van der Waals surface area contributed by atoms with Crippen LogP contribution in [0.2, 0.25) is 0 Å². The molecule has 1 atom stereocenters. The van der Waals surface area contributed by atoms with E-state index in [-0.39, 0.29) is 6.10 Å². The topological polar surface area (TPSA) is 67.2 Å². The second kappa shape index (κ2) is 8.59. The van der Waals surface area contributed by atoms with Crippen molar-refractivity contribution >= 4 is 27.2 Å². The van der Waals surface area contributed by atoms with E-state index in [0.717, 1.165) is 25.3 Å². The number of ether oxygens (including phenoxy) is 1. The molecule has 1 aliphatic heterocycles. The van der Waals surface area contributed by atoms with Crippen LogP contribution in [0.25, 0.3) is 37.6 Å². The Labute approximate surface area is 209 Å². The normalized spacial score (nSPS) is 16.7. The summed E-state index contributed by atoms with van der Waals surface area (Å²) in [6, 6.07) is 8.92. The van der Waals surface area contributed by atoms with E-state index in [1.165, 1.54) is 59.7 Å². The second-order valence-corrected chi connectivity index (χ2v) is 10.9. The number of aryl methyl sites for hydroxylation is 2. The lowest BCUT2D eigenvalue weighted by molar-refractivity contribution is 0.0277. The lowest BCUT2D eigenvalue weighted by Crippen LogP contribution is -2.33. The first-order valence-corrected chi connectivity index (χ1v) is 13.1. The van der Waals surface area contributed by atoms with Crippen LogP contribution in [0, 0.1) is 20.8 Å². The molecule has 7 heteroatoms. The Balaban J connectivity index is 1.45. The molecule has 4 aromatic heterocycles. The van der Waals surface area contributed by atoms with Crippen LogP contribution < -0.4 is 5.32 Å². The second-order valence-electron chi connectivity index (χ2n) is 9.84. The zero-order valence-corrected chi connectivity index (χ0v) is 21.7. The maximum atomic E-state index is 5.93. The van der Waals surface area contributed by atoms with Crippen molar-refractivity contribution in [1.82, 2.24) is 24.9 Å². The van der Waals surface area contributed by atoms with Crippen molar-refractivity contribution in [1.29, 1.82) is 0 Å². The van der Waals surface area contributed by atoms with Crippen LogP contribution in [0.15, 0.2) is 36.8 Å². The molecule has 5 heterocycles. The predicted molar refractivity (Wildman–Crippen MR) is 143 cm³/mol. The maximum Gasteiger partial charge on any atom is 0.158 e. The number of hydrogen-bond donors (Lipinski definition) is 2. The van der Waals surface area contributed by atoms with Crippen LogP contribution in [0.3, 0.4) is 0 Å². The highest BCUT2D eigenvalue weighted by Crippen LogP contribution is 2.46. The molecule has 180 valence electrons. The van der Waals surface area contributed by atoms with E-state index in [0.29, 0.717) is 5.92 Å². The monoisotopic (exact) mass is 485 g/mol. The summed E-state index contributed by atoms with van der Waals surface area (Å²) < 4.78 is 7.82. The Morgan fingerprint density at radius 2 is 1.89 bits per heavy atom. The lowest BCUT2D eigenvalue weighted by atomic mass is 9.93. The highest BCUT2D eigenvalue weighted by molar-refractivity contribution is 7.22. The summed E-state index contributed by atoms with van der Waals surface area (Å²) in [4.78, 5) is 10.8. The Bertz CT molecular complexity index is 1530. The fourth-order valence-electron chi connectivity index (χ4n) is 5.38. The molecule has 1 unspecified atom stereocenters. The van der Waals surface area contributed by atoms with Crippen LogP contribution in [-0.4, -0.2) is 39.3 Å². The van der Waals surface area contributed by atoms with E-state index in [9.17, 15) is 0 Å². The minimum atomic E-state index is 0.140. The van der Waals surface area contributed by atoms with Gasteiger partial charge < -0.3 is 15.0 Å². The number of benzene rings is 1. The van der Waals surface area contributed by atoms with Crippen molar-refractivity contribution in [3.8, 4) is 21.7 Å². The summed E-state index contributed by atoms with van der Waals surface area (Å²) in [5, 5.41) is 9.19. The number of hydrogen-bond acceptors (Lipinski definition) is 5. The van der Waals surface area contributed by atoms with Gasteiger partial charge in [0.05, 0.1) is 18.4 Å². The van der Waals surface area contributed by atoms with E-state index in [1.807, 2.05) is 15.9 Å². The summed E-state index contributed by atoms with van der Waals surface area (Å²) in [5.41, 5.74) is 10.9. The van der Waals surface area contributed by atoms with Crippen LogP contribution in [0.4, 0.5) is 0 Å². The van der Waals surface area contributed by atoms with E-state index in [1.54, 1.807) is 6.33 Å². The third kappa shape index (κ3) is 3.61. The van der Waals surface area contributed by atoms with Gasteiger partial charge in [-0.3, -0.25) is 0 Å². The molecule has 5 aromatic rings. The first-order chi connectivity index (χ1) is 16.9. The van der Waals surface area contributed by atoms with Gasteiger partial charge in [0.1, 0.15) is 11.2 Å². The predicted octanol–water partition coefficient (Wildman–Crippen LogP) is 6.32. The molecule has 2 N–H and O–H groups in total. The molecular weight excluding hydrogens is 454 g/mol. The number of aromatic amines is 1. The van der Waals surface area contributed by atoms with Gasteiger partial charge in [-0.15, -0.1) is 11.3 Å². The van der Waals surface area contributed by atoms with Gasteiger partial charge in [0.2, 0.25) is 0 Å². The highest BCUT2D eigenvalue weighted by Gasteiger charge is 2.24. The summed E-state index contributed by atoms with van der Waals surface area (Å²) in [5.74, 6) is 0.379. The molecule has 1 saturated heterocycles. The maximum absolute atomic E-state index is 5.93. The SMILES string of the molecule is Cc1c(-c2[nH]c3sc(-c4ccc(C5CNCCO5)cc4)c(C)c3c2C(C)C)cn2ncnc2c1C. The largest absolute Gasteiger partial charge is 0.371 e. The molecule has 6 rings (SSSR count). The van der Waals surface area contributed by atoms with Gasteiger partial charge in [-0.1, -0.05) is 38.1 Å². The molecule has 0 bridgehead atoms. The Morgan fingerprint density at radius 3 is 2.60 bits per heavy atom. The number of rotatable bonds is 4. The molecule has 0 aliphatic carbocycles. The number of H-pyrrole nitrogens is 1. The average Bonchev–Trinajstić information content (AvgIpc) is 3.57. The Morgan fingerprint density at radius 1 is 1.09 bits per heavy atom. The molecule has 1 aromatic carbocycles. The van der Waals surface area contributed by atoms with Crippen molar-refractivity contribution < 1.29 is 4.74 Å². The van der Waals surface area contributed by atoms with Crippen molar-refractivity contribution in [2.75, 3.05) is 19.7 Å². The van der Waals surface area contributed by atoms with Crippen molar-refractivity contribution in [3.05, 3.63) is 64.6 Å². The van der Waals surface area contributed by atoms with E-state index in [2.05, 4.69) is 85.5 Å². The Kier molecular flexibility index (Phi) is 5.51. The van der Waals surface area contributed by atoms with Gasteiger partial charge in [-0.2, -0.15) is 5.10 Å². The van der Waals surface area contributed by atoms with Crippen molar-refractivity contribution in [2.45, 2.75) is 46.6 Å². The molecule has 1 fully saturated rings. The summed E-state index contributed by atoms with van der Waals surface area (Å²) in [6.07, 6.45) is 3.88. The number of nitrogens with one attached hydrogen (secondary N) is 2.